The fourth-order valence-electron chi connectivity index (χ4n) is 5.34. The van der Waals surface area contributed by atoms with Crippen LogP contribution in [-0.4, -0.2) is 42.0 Å². The molecule has 0 fully saturated rings. The maximum atomic E-state index is 13.3. The number of nitrogen functional groups attached to an aromatic ring is 1. The smallest absolute Gasteiger partial charge is 0.336 e. The molecule has 1 amide bonds. The Morgan fingerprint density at radius 3 is 2.55 bits per heavy atom. The summed E-state index contributed by atoms with van der Waals surface area (Å²) in [6.45, 7) is 0.413. The van der Waals surface area contributed by atoms with Gasteiger partial charge in [-0.05, 0) is 59.2 Å². The Balaban J connectivity index is 1.13. The molecule has 13 heteroatoms. The molecule has 0 spiro atoms. The van der Waals surface area contributed by atoms with E-state index in [2.05, 4.69) is 25.3 Å². The number of nitrogens with zero attached hydrogens (tertiary/aromatic N) is 3. The molecule has 0 atom stereocenters. The number of aromatic nitrogens is 4. The van der Waals surface area contributed by atoms with Crippen LogP contribution >= 0.6 is 0 Å². The summed E-state index contributed by atoms with van der Waals surface area (Å²) in [6.07, 6.45) is 1.48. The van der Waals surface area contributed by atoms with Crippen molar-refractivity contribution in [1.29, 1.82) is 0 Å². The monoisotopic (exact) mass is 628 g/mol. The lowest BCUT2D eigenvalue weighted by atomic mass is 9.89. The van der Waals surface area contributed by atoms with Crippen molar-refractivity contribution < 1.29 is 29.0 Å². The number of aromatic carboxylic acids is 1. The van der Waals surface area contributed by atoms with Crippen LogP contribution in [-0.2, 0) is 13.2 Å². The van der Waals surface area contributed by atoms with Crippen LogP contribution in [0.3, 0.4) is 0 Å². The average Bonchev–Trinajstić information content (AvgIpc) is 3.53. The van der Waals surface area contributed by atoms with Gasteiger partial charge in [0.25, 0.3) is 5.91 Å². The maximum Gasteiger partial charge on any atom is 0.336 e. The zero-order valence-corrected chi connectivity index (χ0v) is 24.4. The zero-order chi connectivity index (χ0) is 32.7. The van der Waals surface area contributed by atoms with Crippen molar-refractivity contribution in [3.05, 3.63) is 118 Å². The summed E-state index contributed by atoms with van der Waals surface area (Å²) < 4.78 is 11.7. The fourth-order valence-corrected chi connectivity index (χ4v) is 5.34. The van der Waals surface area contributed by atoms with Crippen molar-refractivity contribution in [3.63, 3.8) is 0 Å². The number of fused-ring (bicyclic) bond motifs is 3. The molecule has 0 radical (unpaired) electrons. The number of carboxylic acids is 1. The number of nitrogens with one attached hydrogen (secondary N) is 2. The highest BCUT2D eigenvalue weighted by molar-refractivity contribution is 6.09. The molecule has 3 heterocycles. The van der Waals surface area contributed by atoms with Gasteiger partial charge < -0.3 is 35.4 Å². The molecule has 2 aromatic heterocycles. The number of hydrogen-bond acceptors (Lipinski definition) is 10. The topological polar surface area (TPSA) is 207 Å². The molecule has 7 rings (SSSR count). The Labute approximate surface area is 264 Å². The minimum atomic E-state index is -1.20. The first-order chi connectivity index (χ1) is 22.7. The van der Waals surface area contributed by atoms with Gasteiger partial charge in [0.05, 0.1) is 11.9 Å². The van der Waals surface area contributed by atoms with E-state index < -0.39 is 11.9 Å². The highest BCUT2D eigenvalue weighted by Gasteiger charge is 2.23. The highest BCUT2D eigenvalue weighted by Crippen LogP contribution is 2.42. The number of benzene rings is 4. The van der Waals surface area contributed by atoms with Gasteiger partial charge in [-0.25, -0.2) is 9.78 Å². The second kappa shape index (κ2) is 11.6. The lowest BCUT2D eigenvalue weighted by molar-refractivity contribution is 0.0697. The summed E-state index contributed by atoms with van der Waals surface area (Å²) in [5, 5.41) is 23.5. The van der Waals surface area contributed by atoms with E-state index in [1.807, 2.05) is 24.3 Å². The second-order valence-corrected chi connectivity index (χ2v) is 10.7. The van der Waals surface area contributed by atoms with E-state index in [1.54, 1.807) is 12.1 Å². The summed E-state index contributed by atoms with van der Waals surface area (Å²) in [4.78, 5) is 53.0. The van der Waals surface area contributed by atoms with Gasteiger partial charge in [0.15, 0.2) is 11.1 Å². The third-order valence-electron chi connectivity index (χ3n) is 7.58. The molecule has 2 aliphatic rings. The first kappa shape index (κ1) is 29.0. The van der Waals surface area contributed by atoms with Crippen molar-refractivity contribution in [3.8, 4) is 34.1 Å². The van der Waals surface area contributed by atoms with Crippen molar-refractivity contribution >= 4 is 40.0 Å². The first-order valence-electron chi connectivity index (χ1n) is 14.3. The van der Waals surface area contributed by atoms with E-state index in [0.717, 1.165) is 11.1 Å². The number of carboxylic acid groups (broad SMARTS) is 1. The number of amides is 1. The Kier molecular flexibility index (Phi) is 7.17. The normalized spacial score (nSPS) is 11.2. The summed E-state index contributed by atoms with van der Waals surface area (Å²) >= 11 is 0. The number of rotatable bonds is 8. The molecule has 5 aromatic rings. The number of aromatic hydroxyl groups is 1. The number of nitrogens with two attached hydrogens (primary N) is 1. The number of imidazole rings is 1. The van der Waals surface area contributed by atoms with Gasteiger partial charge in [-0.1, -0.05) is 24.3 Å². The van der Waals surface area contributed by atoms with Gasteiger partial charge in [-0.3, -0.25) is 9.59 Å². The van der Waals surface area contributed by atoms with Crippen LogP contribution in [0.5, 0.6) is 11.6 Å². The number of phenols is 1. The largest absolute Gasteiger partial charge is 0.508 e. The van der Waals surface area contributed by atoms with Gasteiger partial charge in [0, 0.05) is 40.8 Å². The Morgan fingerprint density at radius 2 is 1.74 bits per heavy atom. The molecule has 3 aromatic carbocycles. The van der Waals surface area contributed by atoms with Crippen LogP contribution in [0.15, 0.2) is 94.4 Å². The van der Waals surface area contributed by atoms with Crippen LogP contribution in [0.4, 0.5) is 5.95 Å². The van der Waals surface area contributed by atoms with E-state index in [-0.39, 0.29) is 64.2 Å². The number of carbonyl (C=O) groups excluding carboxylic acids is 1. The number of carbonyl (C=O) groups is 2. The molecular weight excluding hydrogens is 604 g/mol. The van der Waals surface area contributed by atoms with Gasteiger partial charge >= 0.3 is 5.97 Å². The Hall–Kier alpha value is -6.76. The van der Waals surface area contributed by atoms with E-state index in [1.165, 1.54) is 48.8 Å². The molecule has 0 saturated carbocycles. The number of hydrogen-bond donors (Lipinski definition) is 5. The molecule has 1 aliphatic carbocycles. The number of aromatic amines is 1. The minimum absolute atomic E-state index is 0.0505. The van der Waals surface area contributed by atoms with Crippen LogP contribution in [0, 0.1) is 0 Å². The van der Waals surface area contributed by atoms with Crippen LogP contribution < -0.4 is 21.2 Å². The van der Waals surface area contributed by atoms with Crippen LogP contribution in [0.1, 0.15) is 31.8 Å². The van der Waals surface area contributed by atoms with Gasteiger partial charge in [0.2, 0.25) is 11.8 Å². The molecule has 0 saturated heterocycles. The third kappa shape index (κ3) is 5.64. The molecule has 47 heavy (non-hydrogen) atoms. The lowest BCUT2D eigenvalue weighted by Crippen LogP contribution is -2.23. The summed E-state index contributed by atoms with van der Waals surface area (Å²) in [5.74, 6) is -1.14. The standard InChI is InChI=1S/C34H24N6O7/c35-34-39-30-29(37-16-38-30)32(40-34)46-15-18-3-1-17(2-4-18)14-36-31(43)19-5-8-22(33(44)45)25(11-19)28-23-9-6-20(41)12-26(23)47-27-13-21(42)7-10-24(27)28/h1-13,16,41H,14-15H2,(H,36,43)(H,44,45)(H3,35,37,38,39,40). The summed E-state index contributed by atoms with van der Waals surface area (Å²) in [6, 6.07) is 20.4. The summed E-state index contributed by atoms with van der Waals surface area (Å²) in [7, 11) is 0. The van der Waals surface area contributed by atoms with E-state index in [4.69, 9.17) is 14.9 Å². The second-order valence-electron chi connectivity index (χ2n) is 10.7. The predicted octanol–water partition coefficient (Wildman–Crippen LogP) is 4.73. The van der Waals surface area contributed by atoms with E-state index >= 15 is 0 Å². The van der Waals surface area contributed by atoms with Crippen LogP contribution in [0.25, 0.3) is 44.6 Å². The molecule has 1 aliphatic heterocycles. The van der Waals surface area contributed by atoms with Gasteiger partial charge in [-0.2, -0.15) is 9.97 Å². The minimum Gasteiger partial charge on any atom is -0.508 e. The highest BCUT2D eigenvalue weighted by atomic mass is 16.5. The average molecular weight is 629 g/mol. The quantitative estimate of drug-likeness (QED) is 0.145. The Bertz CT molecular complexity index is 2360. The first-order valence-corrected chi connectivity index (χ1v) is 14.3. The van der Waals surface area contributed by atoms with Crippen LogP contribution in [0.2, 0.25) is 0 Å². The Morgan fingerprint density at radius 1 is 0.936 bits per heavy atom. The van der Waals surface area contributed by atoms with Gasteiger partial charge in [-0.15, -0.1) is 0 Å². The van der Waals surface area contributed by atoms with Crippen molar-refractivity contribution in [1.82, 2.24) is 25.3 Å². The fraction of sp³-hybridized carbons (Fsp3) is 0.0588. The molecule has 0 bridgehead atoms. The summed E-state index contributed by atoms with van der Waals surface area (Å²) in [5.41, 5.74) is 9.66. The van der Waals surface area contributed by atoms with E-state index in [0.29, 0.717) is 27.7 Å². The number of H-pyrrole nitrogens is 1. The zero-order valence-electron chi connectivity index (χ0n) is 24.4. The lowest BCUT2D eigenvalue weighted by Gasteiger charge is -2.17. The number of anilines is 1. The third-order valence-corrected chi connectivity index (χ3v) is 7.58. The van der Waals surface area contributed by atoms with E-state index in [9.17, 15) is 24.6 Å². The molecule has 232 valence electrons. The molecule has 0 unspecified atom stereocenters. The van der Waals surface area contributed by atoms with Crippen molar-refractivity contribution in [2.24, 2.45) is 0 Å². The van der Waals surface area contributed by atoms with Crippen molar-refractivity contribution in [2.45, 2.75) is 13.2 Å². The maximum absolute atomic E-state index is 13.3. The number of ether oxygens (including phenoxy) is 1. The molecule has 13 nitrogen and oxygen atoms in total. The SMILES string of the molecule is Nc1nc(OCc2ccc(CNC(=O)c3ccc(C(=O)O)c(-c4c5ccc(=O)cc-5oc5cc(O)ccc45)c3)cc2)c2[nH]cnc2n1. The molecular formula is C34H24N6O7. The molecule has 6 N–H and O–H groups in total. The van der Waals surface area contributed by atoms with Crippen molar-refractivity contribution in [2.75, 3.05) is 5.73 Å². The number of phenolic OH excluding ortho intramolecular Hbond substituents is 1. The predicted molar refractivity (Wildman–Crippen MR) is 171 cm³/mol. The van der Waals surface area contributed by atoms with Gasteiger partial charge in [0.1, 0.15) is 29.2 Å².